The van der Waals surface area contributed by atoms with Crippen molar-refractivity contribution in [2.45, 2.75) is 26.4 Å². The molecule has 0 saturated carbocycles. The van der Waals surface area contributed by atoms with Crippen LogP contribution >= 0.6 is 0 Å². The first-order chi connectivity index (χ1) is 14.0. The molecule has 0 saturated heterocycles. The third-order valence-corrected chi connectivity index (χ3v) is 4.80. The quantitative estimate of drug-likeness (QED) is 0.352. The highest BCUT2D eigenvalue weighted by molar-refractivity contribution is 6.06. The average Bonchev–Trinajstić information content (AvgIpc) is 3.28. The molecular weight excluding hydrogens is 376 g/mol. The maximum Gasteiger partial charge on any atom is 0.336 e. The number of furan rings is 1. The Balaban J connectivity index is 1.62. The molecule has 3 heterocycles. The SMILES string of the molecule is COc1c2ccoc2c(OCC=C(C)C[C@@H]2C=C(C)C(=O)O2)c2oc(=O)ccc12. The minimum Gasteiger partial charge on any atom is -0.495 e. The zero-order valence-corrected chi connectivity index (χ0v) is 16.3. The van der Waals surface area contributed by atoms with Crippen LogP contribution < -0.4 is 15.1 Å². The second-order valence-electron chi connectivity index (χ2n) is 6.88. The molecule has 0 unspecified atom stereocenters. The predicted molar refractivity (Wildman–Crippen MR) is 106 cm³/mol. The molecule has 150 valence electrons. The van der Waals surface area contributed by atoms with E-state index >= 15 is 0 Å². The molecule has 7 heteroatoms. The van der Waals surface area contributed by atoms with Crippen molar-refractivity contribution < 1.29 is 27.8 Å². The fourth-order valence-electron chi connectivity index (χ4n) is 3.41. The van der Waals surface area contributed by atoms with Crippen molar-refractivity contribution in [2.24, 2.45) is 0 Å². The molecule has 4 rings (SSSR count). The minimum atomic E-state index is -0.493. The van der Waals surface area contributed by atoms with Crippen LogP contribution in [0.25, 0.3) is 21.9 Å². The molecule has 1 aliphatic rings. The standard InChI is InChI=1S/C22H20O7/c1-12(10-14-11-13(2)22(24)28-14)6-8-27-21-19-16(7-9-26-19)18(25-3)15-4-5-17(23)29-20(15)21/h4-7,9,11,14H,8,10H2,1-3H3/t14-/m1/s1. The smallest absolute Gasteiger partial charge is 0.336 e. The first-order valence-electron chi connectivity index (χ1n) is 9.16. The topological polar surface area (TPSA) is 88.1 Å². The highest BCUT2D eigenvalue weighted by Crippen LogP contribution is 2.42. The largest absolute Gasteiger partial charge is 0.495 e. The maximum atomic E-state index is 11.8. The van der Waals surface area contributed by atoms with E-state index in [0.29, 0.717) is 34.5 Å². The molecule has 1 aliphatic heterocycles. The number of rotatable bonds is 6. The zero-order chi connectivity index (χ0) is 20.5. The molecular formula is C22H20O7. The molecule has 0 aliphatic carbocycles. The molecule has 0 fully saturated rings. The summed E-state index contributed by atoms with van der Waals surface area (Å²) in [6, 6.07) is 4.75. The lowest BCUT2D eigenvalue weighted by atomic mass is 10.1. The fraction of sp³-hybridized carbons (Fsp3) is 0.273. The van der Waals surface area contributed by atoms with Crippen LogP contribution in [0, 0.1) is 0 Å². The van der Waals surface area contributed by atoms with E-state index in [-0.39, 0.29) is 24.3 Å². The molecule has 0 N–H and O–H groups in total. The van der Waals surface area contributed by atoms with Gasteiger partial charge in [-0.3, -0.25) is 0 Å². The van der Waals surface area contributed by atoms with Gasteiger partial charge in [-0.25, -0.2) is 9.59 Å². The van der Waals surface area contributed by atoms with Crippen LogP contribution in [0.3, 0.4) is 0 Å². The molecule has 7 nitrogen and oxygen atoms in total. The number of fused-ring (bicyclic) bond motifs is 2. The van der Waals surface area contributed by atoms with Gasteiger partial charge in [0.1, 0.15) is 18.5 Å². The Bertz CT molecular complexity index is 1210. The lowest BCUT2D eigenvalue weighted by Crippen LogP contribution is -2.08. The number of benzene rings is 1. The summed E-state index contributed by atoms with van der Waals surface area (Å²) in [5.74, 6) is 0.612. The number of hydrogen-bond donors (Lipinski definition) is 0. The number of ether oxygens (including phenoxy) is 3. The van der Waals surface area contributed by atoms with Crippen molar-refractivity contribution in [3.8, 4) is 11.5 Å². The van der Waals surface area contributed by atoms with Crippen LogP contribution in [0.4, 0.5) is 0 Å². The molecule has 0 radical (unpaired) electrons. The molecule has 0 spiro atoms. The molecule has 0 amide bonds. The number of esters is 1. The summed E-state index contributed by atoms with van der Waals surface area (Å²) in [6.45, 7) is 3.90. The van der Waals surface area contributed by atoms with Gasteiger partial charge in [0.05, 0.1) is 24.1 Å². The number of carbonyl (C=O) groups excluding carboxylic acids is 1. The van der Waals surface area contributed by atoms with Gasteiger partial charge in [0.15, 0.2) is 11.2 Å². The number of carbonyl (C=O) groups is 1. The van der Waals surface area contributed by atoms with Crippen molar-refractivity contribution in [2.75, 3.05) is 13.7 Å². The van der Waals surface area contributed by atoms with Gasteiger partial charge in [0.2, 0.25) is 5.75 Å². The van der Waals surface area contributed by atoms with Crippen LogP contribution in [-0.4, -0.2) is 25.8 Å². The van der Waals surface area contributed by atoms with Gasteiger partial charge in [-0.15, -0.1) is 0 Å². The summed E-state index contributed by atoms with van der Waals surface area (Å²) in [7, 11) is 1.55. The molecule has 1 atom stereocenters. The third-order valence-electron chi connectivity index (χ3n) is 4.80. The van der Waals surface area contributed by atoms with Crippen LogP contribution in [0.15, 0.2) is 61.4 Å². The molecule has 2 aromatic heterocycles. The van der Waals surface area contributed by atoms with Gasteiger partial charge in [0.25, 0.3) is 0 Å². The maximum absolute atomic E-state index is 11.8. The monoisotopic (exact) mass is 396 g/mol. The number of methoxy groups -OCH3 is 1. The number of cyclic esters (lactones) is 1. The van der Waals surface area contributed by atoms with Crippen molar-refractivity contribution in [3.63, 3.8) is 0 Å². The van der Waals surface area contributed by atoms with Gasteiger partial charge in [-0.1, -0.05) is 5.57 Å². The summed E-state index contributed by atoms with van der Waals surface area (Å²) >= 11 is 0. The van der Waals surface area contributed by atoms with E-state index < -0.39 is 5.63 Å². The Hall–Kier alpha value is -3.48. The van der Waals surface area contributed by atoms with Crippen molar-refractivity contribution in [1.82, 2.24) is 0 Å². The van der Waals surface area contributed by atoms with Crippen LogP contribution in [0.5, 0.6) is 11.5 Å². The Labute approximate surface area is 166 Å². The zero-order valence-electron chi connectivity index (χ0n) is 16.3. The van der Waals surface area contributed by atoms with E-state index in [1.165, 1.54) is 12.3 Å². The Morgan fingerprint density at radius 3 is 2.66 bits per heavy atom. The molecule has 0 bridgehead atoms. The van der Waals surface area contributed by atoms with Gasteiger partial charge in [0, 0.05) is 18.1 Å². The molecule has 3 aromatic rings. The van der Waals surface area contributed by atoms with Gasteiger partial charge >= 0.3 is 11.6 Å². The lowest BCUT2D eigenvalue weighted by Gasteiger charge is -2.12. The number of hydrogen-bond acceptors (Lipinski definition) is 7. The van der Waals surface area contributed by atoms with E-state index in [1.807, 2.05) is 19.1 Å². The first-order valence-corrected chi connectivity index (χ1v) is 9.16. The van der Waals surface area contributed by atoms with Gasteiger partial charge < -0.3 is 23.0 Å². The normalized spacial score (nSPS) is 16.9. The Morgan fingerprint density at radius 2 is 1.93 bits per heavy atom. The van der Waals surface area contributed by atoms with Crippen LogP contribution in [-0.2, 0) is 9.53 Å². The van der Waals surface area contributed by atoms with Gasteiger partial charge in [-0.2, -0.15) is 0 Å². The second-order valence-corrected chi connectivity index (χ2v) is 6.88. The van der Waals surface area contributed by atoms with E-state index in [2.05, 4.69) is 0 Å². The Morgan fingerprint density at radius 1 is 1.14 bits per heavy atom. The van der Waals surface area contributed by atoms with Crippen molar-refractivity contribution in [1.29, 1.82) is 0 Å². The first kappa shape index (κ1) is 18.9. The van der Waals surface area contributed by atoms with Gasteiger partial charge in [-0.05, 0) is 38.1 Å². The van der Waals surface area contributed by atoms with E-state index in [0.717, 1.165) is 11.0 Å². The van der Waals surface area contributed by atoms with Crippen molar-refractivity contribution >= 4 is 27.9 Å². The lowest BCUT2D eigenvalue weighted by molar-refractivity contribution is -0.139. The van der Waals surface area contributed by atoms with Crippen LogP contribution in [0.1, 0.15) is 20.3 Å². The summed E-state index contributed by atoms with van der Waals surface area (Å²) in [5, 5.41) is 1.35. The Kier molecular flexibility index (Phi) is 4.88. The van der Waals surface area contributed by atoms with Crippen LogP contribution in [0.2, 0.25) is 0 Å². The van der Waals surface area contributed by atoms with E-state index in [1.54, 1.807) is 26.2 Å². The van der Waals surface area contributed by atoms with E-state index in [4.69, 9.17) is 23.0 Å². The predicted octanol–water partition coefficient (Wildman–Crippen LogP) is 4.13. The van der Waals surface area contributed by atoms with E-state index in [9.17, 15) is 9.59 Å². The summed E-state index contributed by atoms with van der Waals surface area (Å²) in [5.41, 5.74) is 1.85. The molecule has 29 heavy (non-hydrogen) atoms. The highest BCUT2D eigenvalue weighted by atomic mass is 16.5. The summed E-state index contributed by atoms with van der Waals surface area (Å²) in [6.07, 6.45) is 5.57. The summed E-state index contributed by atoms with van der Waals surface area (Å²) < 4.78 is 27.7. The third kappa shape index (κ3) is 3.51. The van der Waals surface area contributed by atoms with Crippen molar-refractivity contribution in [3.05, 3.63) is 58.2 Å². The summed E-state index contributed by atoms with van der Waals surface area (Å²) in [4.78, 5) is 23.3. The second kappa shape index (κ2) is 7.50. The molecule has 1 aromatic carbocycles. The minimum absolute atomic E-state index is 0.227. The average molecular weight is 396 g/mol. The highest BCUT2D eigenvalue weighted by Gasteiger charge is 2.23. The fourth-order valence-corrected chi connectivity index (χ4v) is 3.41.